The largest absolute Gasteiger partial charge is 0.392 e. The molecule has 1 fully saturated rings. The van der Waals surface area contributed by atoms with Crippen molar-refractivity contribution in [3.8, 4) is 0 Å². The summed E-state index contributed by atoms with van der Waals surface area (Å²) in [6, 6.07) is 0.231. The fourth-order valence-corrected chi connectivity index (χ4v) is 1.77. The number of aliphatic hydroxyl groups is 1. The third-order valence-corrected chi connectivity index (χ3v) is 3.26. The zero-order valence-electron chi connectivity index (χ0n) is 9.14. The molecule has 2 unspecified atom stereocenters. The van der Waals surface area contributed by atoms with Crippen LogP contribution in [-0.2, 0) is 0 Å². The molecule has 2 heteroatoms. The molecule has 78 valence electrons. The molecule has 0 radical (unpaired) electrons. The van der Waals surface area contributed by atoms with Crippen molar-refractivity contribution in [3.63, 3.8) is 0 Å². The summed E-state index contributed by atoms with van der Waals surface area (Å²) in [4.78, 5) is 0. The molecule has 2 nitrogen and oxygen atoms in total. The van der Waals surface area contributed by atoms with Gasteiger partial charge in [0.1, 0.15) is 0 Å². The van der Waals surface area contributed by atoms with E-state index < -0.39 is 0 Å². The predicted molar refractivity (Wildman–Crippen MR) is 55.7 cm³/mol. The Balaban J connectivity index is 2.18. The molecule has 1 rings (SSSR count). The first-order valence-corrected chi connectivity index (χ1v) is 5.51. The Bertz CT molecular complexity index is 152. The van der Waals surface area contributed by atoms with Crippen LogP contribution in [-0.4, -0.2) is 23.8 Å². The zero-order valence-corrected chi connectivity index (χ0v) is 9.14. The van der Waals surface area contributed by atoms with Crippen molar-refractivity contribution < 1.29 is 5.11 Å². The molecule has 0 aliphatic heterocycles. The van der Waals surface area contributed by atoms with E-state index in [1.165, 1.54) is 25.7 Å². The van der Waals surface area contributed by atoms with Crippen LogP contribution in [0.2, 0.25) is 0 Å². The van der Waals surface area contributed by atoms with Crippen LogP contribution in [0.4, 0.5) is 0 Å². The fraction of sp³-hybridized carbons (Fsp3) is 1.00. The van der Waals surface area contributed by atoms with E-state index >= 15 is 0 Å². The Kier molecular flexibility index (Phi) is 3.74. The minimum atomic E-state index is -0.238. The summed E-state index contributed by atoms with van der Waals surface area (Å²) in [7, 11) is 0. The van der Waals surface area contributed by atoms with Crippen molar-refractivity contribution in [2.45, 2.75) is 58.6 Å². The van der Waals surface area contributed by atoms with Gasteiger partial charge in [-0.25, -0.2) is 0 Å². The number of rotatable bonds is 6. The molecule has 1 saturated carbocycles. The monoisotopic (exact) mass is 185 g/mol. The molecule has 0 aromatic rings. The molecule has 0 spiro atoms. The number of hydrogen-bond donors (Lipinski definition) is 2. The molecular formula is C11H23NO. The van der Waals surface area contributed by atoms with Crippen LogP contribution in [0, 0.1) is 5.41 Å². The van der Waals surface area contributed by atoms with Gasteiger partial charge in [0.25, 0.3) is 0 Å². The Morgan fingerprint density at radius 1 is 1.38 bits per heavy atom. The maximum Gasteiger partial charge on any atom is 0.0662 e. The first-order valence-electron chi connectivity index (χ1n) is 5.51. The second-order valence-corrected chi connectivity index (χ2v) is 4.66. The van der Waals surface area contributed by atoms with E-state index in [4.69, 9.17) is 0 Å². The minimum absolute atomic E-state index is 0.231. The van der Waals surface area contributed by atoms with E-state index in [0.717, 1.165) is 6.54 Å². The molecule has 0 saturated heterocycles. The van der Waals surface area contributed by atoms with Crippen LogP contribution in [0.25, 0.3) is 0 Å². The van der Waals surface area contributed by atoms with E-state index in [-0.39, 0.29) is 12.1 Å². The quantitative estimate of drug-likeness (QED) is 0.662. The minimum Gasteiger partial charge on any atom is -0.392 e. The van der Waals surface area contributed by atoms with Crippen molar-refractivity contribution in [1.82, 2.24) is 5.32 Å². The summed E-state index contributed by atoms with van der Waals surface area (Å²) in [5.41, 5.74) is 0.595. The van der Waals surface area contributed by atoms with Gasteiger partial charge in [0.15, 0.2) is 0 Å². The van der Waals surface area contributed by atoms with Crippen molar-refractivity contribution >= 4 is 0 Å². The third kappa shape index (κ3) is 3.28. The Hall–Kier alpha value is -0.0800. The van der Waals surface area contributed by atoms with Crippen LogP contribution in [0.5, 0.6) is 0 Å². The Morgan fingerprint density at radius 3 is 2.38 bits per heavy atom. The van der Waals surface area contributed by atoms with Gasteiger partial charge in [-0.1, -0.05) is 13.3 Å². The molecule has 13 heavy (non-hydrogen) atoms. The lowest BCUT2D eigenvalue weighted by molar-refractivity contribution is 0.148. The lowest BCUT2D eigenvalue weighted by Crippen LogP contribution is -2.38. The molecule has 2 atom stereocenters. The highest BCUT2D eigenvalue weighted by Crippen LogP contribution is 2.48. The van der Waals surface area contributed by atoms with Gasteiger partial charge in [-0.05, 0) is 38.5 Å². The van der Waals surface area contributed by atoms with Crippen molar-refractivity contribution in [1.29, 1.82) is 0 Å². The zero-order chi connectivity index (χ0) is 9.90. The molecule has 0 aromatic heterocycles. The molecule has 0 heterocycles. The number of hydrogen-bond acceptors (Lipinski definition) is 2. The topological polar surface area (TPSA) is 32.3 Å². The highest BCUT2D eigenvalue weighted by molar-refractivity contribution is 4.95. The summed E-state index contributed by atoms with van der Waals surface area (Å²) in [6.45, 7) is 7.23. The fourth-order valence-electron chi connectivity index (χ4n) is 1.77. The summed E-state index contributed by atoms with van der Waals surface area (Å²) in [6.07, 6.45) is 5.13. The lowest BCUT2D eigenvalue weighted by Gasteiger charge is -2.21. The summed E-state index contributed by atoms with van der Waals surface area (Å²) in [5.74, 6) is 0. The highest BCUT2D eigenvalue weighted by atomic mass is 16.3. The maximum atomic E-state index is 9.31. The van der Waals surface area contributed by atoms with Crippen LogP contribution >= 0.6 is 0 Å². The van der Waals surface area contributed by atoms with Gasteiger partial charge >= 0.3 is 0 Å². The second-order valence-electron chi connectivity index (χ2n) is 4.66. The Morgan fingerprint density at radius 2 is 2.00 bits per heavy atom. The van der Waals surface area contributed by atoms with Crippen molar-refractivity contribution in [2.24, 2.45) is 5.41 Å². The Labute approximate surface area is 81.7 Å². The van der Waals surface area contributed by atoms with Gasteiger partial charge in [0.05, 0.1) is 6.10 Å². The molecule has 0 bridgehead atoms. The van der Waals surface area contributed by atoms with Crippen LogP contribution in [0.3, 0.4) is 0 Å². The van der Waals surface area contributed by atoms with E-state index in [2.05, 4.69) is 12.2 Å². The van der Waals surface area contributed by atoms with Gasteiger partial charge in [0.2, 0.25) is 0 Å². The number of aliphatic hydroxyl groups excluding tert-OH is 1. The summed E-state index contributed by atoms with van der Waals surface area (Å²) < 4.78 is 0. The maximum absolute atomic E-state index is 9.31. The van der Waals surface area contributed by atoms with Crippen molar-refractivity contribution in [3.05, 3.63) is 0 Å². The second kappa shape index (κ2) is 4.43. The van der Waals surface area contributed by atoms with Gasteiger partial charge in [-0.15, -0.1) is 0 Å². The van der Waals surface area contributed by atoms with Crippen LogP contribution < -0.4 is 5.32 Å². The standard InChI is InChI=1S/C11H23NO/c1-4-5-11(6-7-11)8-12-9(2)10(3)13/h9-10,12-13H,4-8H2,1-3H3. The highest BCUT2D eigenvalue weighted by Gasteiger charge is 2.41. The van der Waals surface area contributed by atoms with E-state index in [1.54, 1.807) is 0 Å². The molecule has 2 N–H and O–H groups in total. The smallest absolute Gasteiger partial charge is 0.0662 e. The van der Waals surface area contributed by atoms with Crippen LogP contribution in [0.15, 0.2) is 0 Å². The van der Waals surface area contributed by atoms with E-state index in [0.29, 0.717) is 5.41 Å². The van der Waals surface area contributed by atoms with Gasteiger partial charge < -0.3 is 10.4 Å². The van der Waals surface area contributed by atoms with E-state index in [1.807, 2.05) is 13.8 Å². The van der Waals surface area contributed by atoms with Gasteiger partial charge in [0, 0.05) is 12.6 Å². The number of nitrogens with one attached hydrogen (secondary N) is 1. The third-order valence-electron chi connectivity index (χ3n) is 3.26. The predicted octanol–water partition coefficient (Wildman–Crippen LogP) is 1.93. The van der Waals surface area contributed by atoms with Crippen LogP contribution in [0.1, 0.15) is 46.5 Å². The molecule has 0 aromatic carbocycles. The molecule has 0 amide bonds. The average Bonchev–Trinajstić information content (AvgIpc) is 2.82. The molecule has 1 aliphatic rings. The van der Waals surface area contributed by atoms with Gasteiger partial charge in [-0.2, -0.15) is 0 Å². The first kappa shape index (κ1) is 11.0. The normalized spacial score (nSPS) is 24.0. The van der Waals surface area contributed by atoms with E-state index in [9.17, 15) is 5.11 Å². The first-order chi connectivity index (χ1) is 6.09. The molecular weight excluding hydrogens is 162 g/mol. The summed E-state index contributed by atoms with van der Waals surface area (Å²) >= 11 is 0. The average molecular weight is 185 g/mol. The lowest BCUT2D eigenvalue weighted by atomic mass is 10.0. The molecule has 1 aliphatic carbocycles. The summed E-state index contributed by atoms with van der Waals surface area (Å²) in [5, 5.41) is 12.7. The van der Waals surface area contributed by atoms with Crippen molar-refractivity contribution in [2.75, 3.05) is 6.54 Å². The van der Waals surface area contributed by atoms with Gasteiger partial charge in [-0.3, -0.25) is 0 Å². The SMILES string of the molecule is CCCC1(CNC(C)C(C)O)CC1.